The number of benzene rings is 1. The summed E-state index contributed by atoms with van der Waals surface area (Å²) in [5.74, 6) is 1.60. The lowest BCUT2D eigenvalue weighted by molar-refractivity contribution is 0.756. The highest BCUT2D eigenvalue weighted by Gasteiger charge is 2.21. The fourth-order valence-electron chi connectivity index (χ4n) is 2.90. The van der Waals surface area contributed by atoms with Crippen molar-refractivity contribution in [1.29, 1.82) is 0 Å². The Bertz CT molecular complexity index is 752. The first-order valence-electron chi connectivity index (χ1n) is 6.80. The quantitative estimate of drug-likeness (QED) is 0.770. The van der Waals surface area contributed by atoms with E-state index in [1.807, 2.05) is 13.0 Å². The second-order valence-electron chi connectivity index (χ2n) is 5.27. The molecule has 5 heteroatoms. The standard InChI is InChI=1S/C15H15N5/c1-10-6-14(20-15(18-10)16-9-17-20)19-13-7-11-4-2-3-5-12(11)8-13/h2-6,9,13,19H,7-8H2,1H3. The molecule has 4 rings (SSSR count). The third-order valence-corrected chi connectivity index (χ3v) is 3.78. The topological polar surface area (TPSA) is 55.1 Å². The van der Waals surface area contributed by atoms with Crippen LogP contribution in [-0.4, -0.2) is 25.6 Å². The van der Waals surface area contributed by atoms with Crippen LogP contribution in [0.4, 0.5) is 5.82 Å². The monoisotopic (exact) mass is 265 g/mol. The molecular formula is C15H15N5. The van der Waals surface area contributed by atoms with Crippen molar-refractivity contribution in [2.45, 2.75) is 25.8 Å². The molecule has 0 amide bonds. The summed E-state index contributed by atoms with van der Waals surface area (Å²) in [6.07, 6.45) is 3.64. The third kappa shape index (κ3) is 1.82. The Labute approximate surface area is 116 Å². The number of hydrogen-bond acceptors (Lipinski definition) is 4. The first kappa shape index (κ1) is 11.4. The second-order valence-corrected chi connectivity index (χ2v) is 5.27. The number of aromatic nitrogens is 4. The van der Waals surface area contributed by atoms with Crippen molar-refractivity contribution in [3.63, 3.8) is 0 Å². The average Bonchev–Trinajstić information content (AvgIpc) is 3.03. The van der Waals surface area contributed by atoms with Gasteiger partial charge in [0.1, 0.15) is 12.1 Å². The van der Waals surface area contributed by atoms with Gasteiger partial charge in [-0.15, -0.1) is 0 Å². The zero-order valence-corrected chi connectivity index (χ0v) is 11.2. The van der Waals surface area contributed by atoms with Crippen LogP contribution in [0.25, 0.3) is 5.78 Å². The molecule has 100 valence electrons. The summed E-state index contributed by atoms with van der Waals surface area (Å²) in [6, 6.07) is 11.0. The maximum Gasteiger partial charge on any atom is 0.254 e. The molecule has 0 aliphatic heterocycles. The molecule has 0 bridgehead atoms. The Morgan fingerprint density at radius 2 is 1.95 bits per heavy atom. The molecule has 5 nitrogen and oxygen atoms in total. The van der Waals surface area contributed by atoms with Crippen molar-refractivity contribution in [2.75, 3.05) is 5.32 Å². The van der Waals surface area contributed by atoms with Gasteiger partial charge in [-0.1, -0.05) is 24.3 Å². The number of anilines is 1. The van der Waals surface area contributed by atoms with E-state index in [-0.39, 0.29) is 0 Å². The number of nitrogens with zero attached hydrogens (tertiary/aromatic N) is 4. The van der Waals surface area contributed by atoms with Crippen LogP contribution in [0.3, 0.4) is 0 Å². The second kappa shape index (κ2) is 4.30. The highest BCUT2D eigenvalue weighted by atomic mass is 15.4. The zero-order valence-electron chi connectivity index (χ0n) is 11.2. The number of hydrogen-bond donors (Lipinski definition) is 1. The van der Waals surface area contributed by atoms with Gasteiger partial charge in [0.2, 0.25) is 0 Å². The van der Waals surface area contributed by atoms with Gasteiger partial charge in [0.25, 0.3) is 5.78 Å². The van der Waals surface area contributed by atoms with Gasteiger partial charge in [-0.2, -0.15) is 14.6 Å². The Kier molecular flexibility index (Phi) is 2.45. The highest BCUT2D eigenvalue weighted by Crippen LogP contribution is 2.24. The largest absolute Gasteiger partial charge is 0.366 e. The minimum Gasteiger partial charge on any atom is -0.366 e. The summed E-state index contributed by atoms with van der Waals surface area (Å²) in [6.45, 7) is 1.98. The van der Waals surface area contributed by atoms with Crippen molar-refractivity contribution in [1.82, 2.24) is 19.6 Å². The summed E-state index contributed by atoms with van der Waals surface area (Å²) in [5.41, 5.74) is 3.82. The lowest BCUT2D eigenvalue weighted by atomic mass is 10.1. The molecule has 2 heterocycles. The summed E-state index contributed by atoms with van der Waals surface area (Å²) in [5, 5.41) is 7.81. The maximum atomic E-state index is 4.36. The van der Waals surface area contributed by atoms with Crippen molar-refractivity contribution in [3.05, 3.63) is 53.5 Å². The number of fused-ring (bicyclic) bond motifs is 2. The molecule has 0 atom stereocenters. The van der Waals surface area contributed by atoms with Gasteiger partial charge in [-0.25, -0.2) is 4.98 Å². The molecule has 3 aromatic rings. The lowest BCUT2D eigenvalue weighted by Gasteiger charge is -2.14. The van der Waals surface area contributed by atoms with Gasteiger partial charge in [0, 0.05) is 17.8 Å². The van der Waals surface area contributed by atoms with Crippen molar-refractivity contribution >= 4 is 11.6 Å². The van der Waals surface area contributed by atoms with E-state index in [1.165, 1.54) is 17.5 Å². The van der Waals surface area contributed by atoms with Gasteiger partial charge >= 0.3 is 0 Å². The van der Waals surface area contributed by atoms with Crippen LogP contribution in [-0.2, 0) is 12.8 Å². The van der Waals surface area contributed by atoms with Crippen LogP contribution in [0.15, 0.2) is 36.7 Å². The molecule has 2 aromatic heterocycles. The van der Waals surface area contributed by atoms with Crippen molar-refractivity contribution in [3.8, 4) is 0 Å². The number of rotatable bonds is 2. The normalized spacial score (nSPS) is 14.7. The first-order chi connectivity index (χ1) is 9.79. The predicted octanol–water partition coefficient (Wildman–Crippen LogP) is 2.01. The highest BCUT2D eigenvalue weighted by molar-refractivity contribution is 5.47. The van der Waals surface area contributed by atoms with E-state index in [4.69, 9.17) is 0 Å². The summed E-state index contributed by atoms with van der Waals surface area (Å²) >= 11 is 0. The average molecular weight is 265 g/mol. The minimum absolute atomic E-state index is 0.404. The Balaban J connectivity index is 1.65. The Morgan fingerprint density at radius 1 is 1.20 bits per heavy atom. The SMILES string of the molecule is Cc1cc(NC2Cc3ccccc3C2)n2ncnc2n1. The van der Waals surface area contributed by atoms with Crippen molar-refractivity contribution < 1.29 is 0 Å². The summed E-state index contributed by atoms with van der Waals surface area (Å²) < 4.78 is 1.76. The Hall–Kier alpha value is -2.43. The fourth-order valence-corrected chi connectivity index (χ4v) is 2.90. The molecule has 20 heavy (non-hydrogen) atoms. The van der Waals surface area contributed by atoms with E-state index in [1.54, 1.807) is 4.52 Å². The van der Waals surface area contributed by atoms with Gasteiger partial charge < -0.3 is 5.32 Å². The van der Waals surface area contributed by atoms with Crippen LogP contribution >= 0.6 is 0 Å². The molecule has 1 N–H and O–H groups in total. The van der Waals surface area contributed by atoms with Crippen molar-refractivity contribution in [2.24, 2.45) is 0 Å². The summed E-state index contributed by atoms with van der Waals surface area (Å²) in [4.78, 5) is 8.51. The molecule has 1 aliphatic carbocycles. The van der Waals surface area contributed by atoms with Crippen LogP contribution in [0.1, 0.15) is 16.8 Å². The van der Waals surface area contributed by atoms with Crippen LogP contribution in [0.2, 0.25) is 0 Å². The molecule has 1 aromatic carbocycles. The fraction of sp³-hybridized carbons (Fsp3) is 0.267. The smallest absolute Gasteiger partial charge is 0.254 e. The van der Waals surface area contributed by atoms with E-state index < -0.39 is 0 Å². The molecular weight excluding hydrogens is 250 g/mol. The molecule has 1 aliphatic rings. The zero-order chi connectivity index (χ0) is 13.5. The number of nitrogens with one attached hydrogen (secondary N) is 1. The lowest BCUT2D eigenvalue weighted by Crippen LogP contribution is -2.21. The van der Waals surface area contributed by atoms with Gasteiger partial charge in [-0.05, 0) is 30.9 Å². The third-order valence-electron chi connectivity index (χ3n) is 3.78. The molecule has 0 saturated heterocycles. The van der Waals surface area contributed by atoms with Gasteiger partial charge in [-0.3, -0.25) is 0 Å². The van der Waals surface area contributed by atoms with Crippen LogP contribution in [0, 0.1) is 6.92 Å². The van der Waals surface area contributed by atoms with E-state index in [0.29, 0.717) is 11.8 Å². The molecule has 0 spiro atoms. The maximum absolute atomic E-state index is 4.36. The van der Waals surface area contributed by atoms with Crippen LogP contribution < -0.4 is 5.32 Å². The van der Waals surface area contributed by atoms with E-state index in [9.17, 15) is 0 Å². The minimum atomic E-state index is 0.404. The van der Waals surface area contributed by atoms with Gasteiger partial charge in [0.15, 0.2) is 0 Å². The first-order valence-corrected chi connectivity index (χ1v) is 6.80. The predicted molar refractivity (Wildman–Crippen MR) is 76.8 cm³/mol. The Morgan fingerprint density at radius 3 is 2.70 bits per heavy atom. The summed E-state index contributed by atoms with van der Waals surface area (Å²) in [7, 11) is 0. The van der Waals surface area contributed by atoms with E-state index in [0.717, 1.165) is 24.4 Å². The molecule has 0 radical (unpaired) electrons. The molecule has 0 unspecified atom stereocenters. The van der Waals surface area contributed by atoms with E-state index in [2.05, 4.69) is 44.6 Å². The number of aryl methyl sites for hydroxylation is 1. The van der Waals surface area contributed by atoms with Gasteiger partial charge in [0.05, 0.1) is 0 Å². The molecule has 0 fully saturated rings. The van der Waals surface area contributed by atoms with E-state index >= 15 is 0 Å². The molecule has 0 saturated carbocycles. The van der Waals surface area contributed by atoms with Crippen LogP contribution in [0.5, 0.6) is 0 Å².